The predicted octanol–water partition coefficient (Wildman–Crippen LogP) is -0.372. The summed E-state index contributed by atoms with van der Waals surface area (Å²) >= 11 is 0. The number of hydrogen-bond acceptors (Lipinski definition) is 2. The number of amides is 1. The van der Waals surface area contributed by atoms with Gasteiger partial charge >= 0.3 is 0 Å². The van der Waals surface area contributed by atoms with Gasteiger partial charge < -0.3 is 10.6 Å². The highest BCUT2D eigenvalue weighted by Gasteiger charge is 2.40. The molecule has 3 nitrogen and oxygen atoms in total. The van der Waals surface area contributed by atoms with Crippen LogP contribution in [-0.2, 0) is 4.79 Å². The third kappa shape index (κ3) is 0.814. The fourth-order valence-electron chi connectivity index (χ4n) is 1.87. The van der Waals surface area contributed by atoms with E-state index in [2.05, 4.69) is 10.6 Å². The van der Waals surface area contributed by atoms with Gasteiger partial charge in [0.05, 0.1) is 0 Å². The van der Waals surface area contributed by atoms with Crippen LogP contribution in [0.25, 0.3) is 0 Å². The van der Waals surface area contributed by atoms with Crippen LogP contribution in [0, 0.1) is 0 Å². The third-order valence-electron chi connectivity index (χ3n) is 2.45. The van der Waals surface area contributed by atoms with Crippen molar-refractivity contribution in [2.45, 2.75) is 24.8 Å². The Balaban J connectivity index is 2.09. The molecular weight excluding hydrogens is 128 g/mol. The minimum Gasteiger partial charge on any atom is -0.354 e. The summed E-state index contributed by atoms with van der Waals surface area (Å²) < 4.78 is 0. The summed E-state index contributed by atoms with van der Waals surface area (Å²) in [6.07, 6.45) is 3.06. The first kappa shape index (κ1) is 6.16. The number of carbonyl (C=O) groups excluding carboxylic acids is 1. The van der Waals surface area contributed by atoms with Crippen molar-refractivity contribution >= 4 is 5.91 Å². The molecule has 2 heterocycles. The summed E-state index contributed by atoms with van der Waals surface area (Å²) in [5.74, 6) is 0.203. The molecule has 1 atom stereocenters. The first-order chi connectivity index (χ1) is 4.81. The quantitative estimate of drug-likeness (QED) is 0.482. The maximum absolute atomic E-state index is 10.9. The van der Waals surface area contributed by atoms with Crippen molar-refractivity contribution in [3.63, 3.8) is 0 Å². The van der Waals surface area contributed by atoms with E-state index >= 15 is 0 Å². The van der Waals surface area contributed by atoms with Gasteiger partial charge in [0.15, 0.2) is 0 Å². The molecule has 56 valence electrons. The lowest BCUT2D eigenvalue weighted by Crippen LogP contribution is -2.41. The van der Waals surface area contributed by atoms with Gasteiger partial charge in [-0.15, -0.1) is 0 Å². The highest BCUT2D eigenvalue weighted by atomic mass is 16.2. The molecule has 0 aromatic carbocycles. The topological polar surface area (TPSA) is 41.1 Å². The molecule has 10 heavy (non-hydrogen) atoms. The molecule has 0 radical (unpaired) electrons. The standard InChI is InChI=1S/C7H12N2O/c10-6-4-7(5-8-6)2-1-3-9-7/h9H,1-5H2,(H,8,10). The van der Waals surface area contributed by atoms with E-state index < -0.39 is 0 Å². The molecule has 2 N–H and O–H groups in total. The van der Waals surface area contributed by atoms with E-state index in [-0.39, 0.29) is 11.4 Å². The van der Waals surface area contributed by atoms with Gasteiger partial charge in [-0.2, -0.15) is 0 Å². The number of carbonyl (C=O) groups is 1. The minimum atomic E-state index is 0.150. The molecule has 0 saturated carbocycles. The van der Waals surface area contributed by atoms with Gasteiger partial charge in [0.2, 0.25) is 5.91 Å². The van der Waals surface area contributed by atoms with E-state index in [1.54, 1.807) is 0 Å². The Kier molecular flexibility index (Phi) is 1.20. The summed E-state index contributed by atoms with van der Waals surface area (Å²) in [7, 11) is 0. The summed E-state index contributed by atoms with van der Waals surface area (Å²) in [5.41, 5.74) is 0.150. The molecular formula is C7H12N2O. The zero-order chi connectivity index (χ0) is 7.03. The fraction of sp³-hybridized carbons (Fsp3) is 0.857. The van der Waals surface area contributed by atoms with Crippen LogP contribution in [0.15, 0.2) is 0 Å². The van der Waals surface area contributed by atoms with Crippen molar-refractivity contribution in [3.8, 4) is 0 Å². The van der Waals surface area contributed by atoms with Gasteiger partial charge in [0.25, 0.3) is 0 Å². The first-order valence-electron chi connectivity index (χ1n) is 3.83. The molecule has 1 spiro atoms. The van der Waals surface area contributed by atoms with Crippen LogP contribution >= 0.6 is 0 Å². The molecule has 1 amide bonds. The zero-order valence-electron chi connectivity index (χ0n) is 5.94. The molecule has 0 bridgehead atoms. The maximum Gasteiger partial charge on any atom is 0.221 e. The van der Waals surface area contributed by atoms with E-state index in [9.17, 15) is 4.79 Å². The third-order valence-corrected chi connectivity index (χ3v) is 2.45. The molecule has 0 aromatic heterocycles. The van der Waals surface area contributed by atoms with Gasteiger partial charge in [-0.1, -0.05) is 0 Å². The van der Waals surface area contributed by atoms with Crippen LogP contribution in [0.2, 0.25) is 0 Å². The predicted molar refractivity (Wildman–Crippen MR) is 37.6 cm³/mol. The number of hydrogen-bond donors (Lipinski definition) is 2. The highest BCUT2D eigenvalue weighted by Crippen LogP contribution is 2.25. The molecule has 2 fully saturated rings. The first-order valence-corrected chi connectivity index (χ1v) is 3.83. The number of rotatable bonds is 0. The highest BCUT2D eigenvalue weighted by molar-refractivity contribution is 5.80. The van der Waals surface area contributed by atoms with Crippen molar-refractivity contribution in [1.29, 1.82) is 0 Å². The lowest BCUT2D eigenvalue weighted by atomic mass is 9.97. The Morgan fingerprint density at radius 2 is 2.40 bits per heavy atom. The van der Waals surface area contributed by atoms with Gasteiger partial charge in [0, 0.05) is 18.5 Å². The van der Waals surface area contributed by atoms with Crippen molar-refractivity contribution in [3.05, 3.63) is 0 Å². The van der Waals surface area contributed by atoms with Crippen molar-refractivity contribution in [2.24, 2.45) is 0 Å². The second kappa shape index (κ2) is 1.95. The molecule has 0 aromatic rings. The molecule has 2 rings (SSSR count). The Hall–Kier alpha value is -0.570. The van der Waals surface area contributed by atoms with E-state index in [1.807, 2.05) is 0 Å². The second-order valence-corrected chi connectivity index (χ2v) is 3.26. The van der Waals surface area contributed by atoms with Crippen molar-refractivity contribution in [1.82, 2.24) is 10.6 Å². The van der Waals surface area contributed by atoms with E-state index in [0.29, 0.717) is 6.42 Å². The summed E-state index contributed by atoms with van der Waals surface area (Å²) in [6.45, 7) is 1.92. The SMILES string of the molecule is O=C1CC2(CCCN2)CN1. The van der Waals surface area contributed by atoms with Crippen molar-refractivity contribution in [2.75, 3.05) is 13.1 Å². The lowest BCUT2D eigenvalue weighted by molar-refractivity contribution is -0.119. The van der Waals surface area contributed by atoms with E-state index in [0.717, 1.165) is 19.5 Å². The van der Waals surface area contributed by atoms with E-state index in [1.165, 1.54) is 6.42 Å². The Morgan fingerprint density at radius 3 is 2.90 bits per heavy atom. The average Bonchev–Trinajstić information content (AvgIpc) is 2.46. The molecule has 3 heteroatoms. The summed E-state index contributed by atoms with van der Waals surface area (Å²) in [4.78, 5) is 10.9. The van der Waals surface area contributed by atoms with Crippen LogP contribution in [0.4, 0.5) is 0 Å². The summed E-state index contributed by atoms with van der Waals surface area (Å²) in [6, 6.07) is 0. The second-order valence-electron chi connectivity index (χ2n) is 3.26. The van der Waals surface area contributed by atoms with Gasteiger partial charge in [-0.05, 0) is 19.4 Å². The van der Waals surface area contributed by atoms with Crippen molar-refractivity contribution < 1.29 is 4.79 Å². The summed E-state index contributed by atoms with van der Waals surface area (Å²) in [5, 5.41) is 6.23. The fourth-order valence-corrected chi connectivity index (χ4v) is 1.87. The van der Waals surface area contributed by atoms with Gasteiger partial charge in [0.1, 0.15) is 0 Å². The van der Waals surface area contributed by atoms with Crippen LogP contribution in [0.3, 0.4) is 0 Å². The minimum absolute atomic E-state index is 0.150. The number of nitrogens with one attached hydrogen (secondary N) is 2. The Bertz CT molecular complexity index is 161. The van der Waals surface area contributed by atoms with Crippen LogP contribution in [0.1, 0.15) is 19.3 Å². The monoisotopic (exact) mass is 140 g/mol. The van der Waals surface area contributed by atoms with E-state index in [4.69, 9.17) is 0 Å². The maximum atomic E-state index is 10.9. The molecule has 2 saturated heterocycles. The molecule has 2 aliphatic heterocycles. The van der Waals surface area contributed by atoms with Crippen LogP contribution in [-0.4, -0.2) is 24.5 Å². The Labute approximate surface area is 60.2 Å². The van der Waals surface area contributed by atoms with Crippen LogP contribution in [0.5, 0.6) is 0 Å². The van der Waals surface area contributed by atoms with Crippen LogP contribution < -0.4 is 10.6 Å². The van der Waals surface area contributed by atoms with Gasteiger partial charge in [-0.3, -0.25) is 4.79 Å². The average molecular weight is 140 g/mol. The lowest BCUT2D eigenvalue weighted by Gasteiger charge is -2.19. The zero-order valence-corrected chi connectivity index (χ0v) is 5.94. The Morgan fingerprint density at radius 1 is 1.50 bits per heavy atom. The largest absolute Gasteiger partial charge is 0.354 e. The molecule has 1 unspecified atom stereocenters. The normalized spacial score (nSPS) is 39.0. The molecule has 0 aliphatic carbocycles. The van der Waals surface area contributed by atoms with Gasteiger partial charge in [-0.25, -0.2) is 0 Å². The smallest absolute Gasteiger partial charge is 0.221 e. The molecule has 2 aliphatic rings.